The monoisotopic (exact) mass is 259 g/mol. The molecule has 0 heterocycles. The van der Waals surface area contributed by atoms with E-state index in [-0.39, 0.29) is 5.91 Å². The van der Waals surface area contributed by atoms with Crippen LogP contribution in [-0.4, -0.2) is 53.9 Å². The highest BCUT2D eigenvalue weighted by Gasteiger charge is 2.15. The van der Waals surface area contributed by atoms with E-state index in [1.165, 1.54) is 0 Å². The SMILES string of the molecule is CCCC(C)N(C)CC(=O)N(C)CCC(N)=S. The van der Waals surface area contributed by atoms with Crippen molar-refractivity contribution < 1.29 is 4.79 Å². The third-order valence-corrected chi connectivity index (χ3v) is 3.17. The molecule has 0 aliphatic rings. The third-order valence-electron chi connectivity index (χ3n) is 2.96. The van der Waals surface area contributed by atoms with Gasteiger partial charge in [0.1, 0.15) is 0 Å². The van der Waals surface area contributed by atoms with Crippen molar-refractivity contribution in [2.24, 2.45) is 5.73 Å². The maximum absolute atomic E-state index is 11.9. The lowest BCUT2D eigenvalue weighted by molar-refractivity contribution is -0.131. The minimum atomic E-state index is 0.117. The molecule has 0 aromatic carbocycles. The number of hydrogen-bond donors (Lipinski definition) is 1. The van der Waals surface area contributed by atoms with Crippen LogP contribution in [0.4, 0.5) is 0 Å². The smallest absolute Gasteiger partial charge is 0.236 e. The Morgan fingerprint density at radius 3 is 2.47 bits per heavy atom. The van der Waals surface area contributed by atoms with Crippen LogP contribution in [-0.2, 0) is 4.79 Å². The van der Waals surface area contributed by atoms with Crippen molar-refractivity contribution in [1.29, 1.82) is 0 Å². The van der Waals surface area contributed by atoms with E-state index in [9.17, 15) is 4.79 Å². The molecule has 4 nitrogen and oxygen atoms in total. The summed E-state index contributed by atoms with van der Waals surface area (Å²) in [6, 6.07) is 0.438. The van der Waals surface area contributed by atoms with Gasteiger partial charge in [-0.15, -0.1) is 0 Å². The average molecular weight is 259 g/mol. The van der Waals surface area contributed by atoms with Crippen LogP contribution in [0.1, 0.15) is 33.1 Å². The molecule has 0 aliphatic carbocycles. The maximum Gasteiger partial charge on any atom is 0.236 e. The van der Waals surface area contributed by atoms with Crippen LogP contribution in [0.3, 0.4) is 0 Å². The van der Waals surface area contributed by atoms with Gasteiger partial charge in [-0.2, -0.15) is 0 Å². The van der Waals surface area contributed by atoms with Gasteiger partial charge in [-0.1, -0.05) is 25.6 Å². The van der Waals surface area contributed by atoms with Crippen molar-refractivity contribution in [2.45, 2.75) is 39.2 Å². The van der Waals surface area contributed by atoms with E-state index < -0.39 is 0 Å². The number of nitrogens with two attached hydrogens (primary N) is 1. The zero-order chi connectivity index (χ0) is 13.4. The summed E-state index contributed by atoms with van der Waals surface area (Å²) in [5.74, 6) is 0.117. The highest BCUT2D eigenvalue weighted by Crippen LogP contribution is 2.04. The van der Waals surface area contributed by atoms with E-state index in [4.69, 9.17) is 18.0 Å². The fraction of sp³-hybridized carbons (Fsp3) is 0.833. The van der Waals surface area contributed by atoms with Crippen molar-refractivity contribution in [3.05, 3.63) is 0 Å². The lowest BCUT2D eigenvalue weighted by Gasteiger charge is -2.26. The van der Waals surface area contributed by atoms with E-state index in [1.54, 1.807) is 11.9 Å². The summed E-state index contributed by atoms with van der Waals surface area (Å²) in [6.45, 7) is 5.35. The molecule has 0 aromatic rings. The Morgan fingerprint density at radius 2 is 2.00 bits per heavy atom. The van der Waals surface area contributed by atoms with Crippen LogP contribution >= 0.6 is 12.2 Å². The molecule has 0 bridgehead atoms. The predicted octanol–water partition coefficient (Wildman–Crippen LogP) is 1.24. The fourth-order valence-electron chi connectivity index (χ4n) is 1.53. The maximum atomic E-state index is 11.9. The van der Waals surface area contributed by atoms with Crippen LogP contribution in [0.2, 0.25) is 0 Å². The lowest BCUT2D eigenvalue weighted by atomic mass is 10.2. The topological polar surface area (TPSA) is 49.6 Å². The first-order valence-electron chi connectivity index (χ1n) is 6.11. The van der Waals surface area contributed by atoms with Crippen LogP contribution in [0, 0.1) is 0 Å². The van der Waals surface area contributed by atoms with Crippen molar-refractivity contribution in [3.8, 4) is 0 Å². The molecule has 0 radical (unpaired) electrons. The van der Waals surface area contributed by atoms with Gasteiger partial charge in [-0.05, 0) is 20.4 Å². The molecular weight excluding hydrogens is 234 g/mol. The number of rotatable bonds is 8. The van der Waals surface area contributed by atoms with Crippen LogP contribution in [0.5, 0.6) is 0 Å². The molecule has 0 saturated carbocycles. The second-order valence-electron chi connectivity index (χ2n) is 4.58. The molecule has 0 spiro atoms. The number of likely N-dealkylation sites (N-methyl/N-ethyl adjacent to an activating group) is 2. The van der Waals surface area contributed by atoms with Crippen molar-refractivity contribution in [2.75, 3.05) is 27.2 Å². The molecule has 1 unspecified atom stereocenters. The van der Waals surface area contributed by atoms with Crippen molar-refractivity contribution in [3.63, 3.8) is 0 Å². The Hall–Kier alpha value is -0.680. The molecule has 100 valence electrons. The van der Waals surface area contributed by atoms with Gasteiger partial charge >= 0.3 is 0 Å². The predicted molar refractivity (Wildman–Crippen MR) is 76.0 cm³/mol. The van der Waals surface area contributed by atoms with Crippen LogP contribution in [0.25, 0.3) is 0 Å². The molecule has 0 aromatic heterocycles. The van der Waals surface area contributed by atoms with E-state index in [0.717, 1.165) is 12.8 Å². The number of carbonyl (C=O) groups excluding carboxylic acids is 1. The second kappa shape index (κ2) is 8.42. The number of carbonyl (C=O) groups is 1. The van der Waals surface area contributed by atoms with E-state index in [2.05, 4.69) is 18.7 Å². The summed E-state index contributed by atoms with van der Waals surface area (Å²) in [5.41, 5.74) is 5.41. The van der Waals surface area contributed by atoms with Gasteiger partial charge < -0.3 is 10.6 Å². The molecule has 0 fully saturated rings. The summed E-state index contributed by atoms with van der Waals surface area (Å²) in [6.07, 6.45) is 2.84. The fourth-order valence-corrected chi connectivity index (χ4v) is 1.62. The van der Waals surface area contributed by atoms with E-state index in [1.807, 2.05) is 7.05 Å². The Bertz CT molecular complexity index is 258. The zero-order valence-electron chi connectivity index (χ0n) is 11.4. The quantitative estimate of drug-likeness (QED) is 0.666. The summed E-state index contributed by atoms with van der Waals surface area (Å²) < 4.78 is 0. The van der Waals surface area contributed by atoms with Gasteiger partial charge in [0.15, 0.2) is 0 Å². The first-order valence-corrected chi connectivity index (χ1v) is 6.51. The lowest BCUT2D eigenvalue weighted by Crippen LogP contribution is -2.41. The summed E-state index contributed by atoms with van der Waals surface area (Å²) in [5, 5.41) is 0. The van der Waals surface area contributed by atoms with Gasteiger partial charge in [0, 0.05) is 26.1 Å². The standard InChI is InChI=1S/C12H25N3OS/c1-5-6-10(2)15(4)9-12(16)14(3)8-7-11(13)17/h10H,5-9H2,1-4H3,(H2,13,17). The Kier molecular flexibility index (Phi) is 8.08. The highest BCUT2D eigenvalue weighted by molar-refractivity contribution is 7.80. The normalized spacial score (nSPS) is 12.5. The number of nitrogens with zero attached hydrogens (tertiary/aromatic N) is 2. The Labute approximate surface area is 110 Å². The summed E-state index contributed by atoms with van der Waals surface area (Å²) in [7, 11) is 3.78. The first-order chi connectivity index (χ1) is 7.88. The van der Waals surface area contributed by atoms with Crippen LogP contribution < -0.4 is 5.73 Å². The number of hydrogen-bond acceptors (Lipinski definition) is 3. The Balaban J connectivity index is 4.02. The summed E-state index contributed by atoms with van der Waals surface area (Å²) >= 11 is 4.79. The zero-order valence-corrected chi connectivity index (χ0v) is 12.2. The second-order valence-corrected chi connectivity index (χ2v) is 5.11. The van der Waals surface area contributed by atoms with Gasteiger partial charge in [-0.25, -0.2) is 0 Å². The molecule has 1 amide bonds. The largest absolute Gasteiger partial charge is 0.393 e. The van der Waals surface area contributed by atoms with Crippen LogP contribution in [0.15, 0.2) is 0 Å². The molecule has 5 heteroatoms. The molecule has 0 rings (SSSR count). The summed E-state index contributed by atoms with van der Waals surface area (Å²) in [4.78, 5) is 16.1. The highest BCUT2D eigenvalue weighted by atomic mass is 32.1. The molecular formula is C12H25N3OS. The van der Waals surface area contributed by atoms with Gasteiger partial charge in [-0.3, -0.25) is 9.69 Å². The molecule has 2 N–H and O–H groups in total. The first kappa shape index (κ1) is 16.3. The van der Waals surface area contributed by atoms with Gasteiger partial charge in [0.05, 0.1) is 11.5 Å². The molecule has 17 heavy (non-hydrogen) atoms. The Morgan fingerprint density at radius 1 is 1.41 bits per heavy atom. The van der Waals surface area contributed by atoms with E-state index in [0.29, 0.717) is 30.5 Å². The third kappa shape index (κ3) is 7.28. The average Bonchev–Trinajstić information content (AvgIpc) is 2.25. The minimum Gasteiger partial charge on any atom is -0.393 e. The van der Waals surface area contributed by atoms with Gasteiger partial charge in [0.2, 0.25) is 5.91 Å². The number of thiocarbonyl (C=S) groups is 1. The van der Waals surface area contributed by atoms with Crippen molar-refractivity contribution >= 4 is 23.1 Å². The minimum absolute atomic E-state index is 0.117. The van der Waals surface area contributed by atoms with E-state index >= 15 is 0 Å². The molecule has 0 aliphatic heterocycles. The van der Waals surface area contributed by atoms with Gasteiger partial charge in [0.25, 0.3) is 0 Å². The molecule has 0 saturated heterocycles. The van der Waals surface area contributed by atoms with Crippen molar-refractivity contribution in [1.82, 2.24) is 9.80 Å². The number of amides is 1. The molecule has 1 atom stereocenters.